The molecule has 1 aliphatic heterocycles. The zero-order valence-corrected chi connectivity index (χ0v) is 16.9. The third kappa shape index (κ3) is 5.59. The van der Waals surface area contributed by atoms with Gasteiger partial charge in [0, 0.05) is 25.0 Å². The number of carbonyl (C=O) groups is 2. The summed E-state index contributed by atoms with van der Waals surface area (Å²) < 4.78 is 13.6. The van der Waals surface area contributed by atoms with Crippen molar-refractivity contribution in [3.8, 4) is 0 Å². The van der Waals surface area contributed by atoms with Crippen LogP contribution in [0, 0.1) is 17.7 Å². The van der Waals surface area contributed by atoms with Crippen molar-refractivity contribution in [1.82, 2.24) is 15.2 Å². The zero-order valence-electron chi connectivity index (χ0n) is 16.1. The Morgan fingerprint density at radius 2 is 1.96 bits per heavy atom. The number of nitrogens with one attached hydrogen (secondary N) is 2. The molecule has 150 valence electrons. The van der Waals surface area contributed by atoms with Gasteiger partial charge in [-0.15, -0.1) is 11.3 Å². The van der Waals surface area contributed by atoms with Gasteiger partial charge in [0.15, 0.2) is 5.13 Å². The summed E-state index contributed by atoms with van der Waals surface area (Å²) in [7, 11) is 0. The first-order valence-corrected chi connectivity index (χ1v) is 10.3. The molecule has 8 heteroatoms. The summed E-state index contributed by atoms with van der Waals surface area (Å²) in [6.45, 7) is 7.18. The molecule has 1 aromatic heterocycles. The van der Waals surface area contributed by atoms with E-state index in [1.54, 1.807) is 6.07 Å². The number of anilines is 1. The summed E-state index contributed by atoms with van der Waals surface area (Å²) in [5.74, 6) is -0.280. The lowest BCUT2D eigenvalue weighted by molar-refractivity contribution is -0.115. The minimum atomic E-state index is -0.624. The number of halogens is 1. The van der Waals surface area contributed by atoms with E-state index < -0.39 is 17.6 Å². The van der Waals surface area contributed by atoms with Gasteiger partial charge in [-0.2, -0.15) is 0 Å². The van der Waals surface area contributed by atoms with E-state index in [9.17, 15) is 14.0 Å². The number of thiazole rings is 1. The maximum absolute atomic E-state index is 13.6. The van der Waals surface area contributed by atoms with Crippen LogP contribution in [0.5, 0.6) is 0 Å². The van der Waals surface area contributed by atoms with Gasteiger partial charge >= 0.3 is 0 Å². The number of carbonyl (C=O) groups excluding carboxylic acids is 2. The lowest BCUT2D eigenvalue weighted by Crippen LogP contribution is -2.38. The Hall–Kier alpha value is -2.32. The molecule has 2 N–H and O–H groups in total. The second kappa shape index (κ2) is 9.25. The van der Waals surface area contributed by atoms with Crippen molar-refractivity contribution in [2.75, 3.05) is 25.0 Å². The number of rotatable bonds is 6. The number of aromatic nitrogens is 1. The predicted molar refractivity (Wildman–Crippen MR) is 108 cm³/mol. The lowest BCUT2D eigenvalue weighted by Gasteiger charge is -2.34. The smallest absolute Gasteiger partial charge is 0.254 e. The van der Waals surface area contributed by atoms with Gasteiger partial charge in [-0.25, -0.2) is 9.37 Å². The van der Waals surface area contributed by atoms with E-state index in [4.69, 9.17) is 0 Å². The molecule has 6 nitrogen and oxygen atoms in total. The van der Waals surface area contributed by atoms with Crippen LogP contribution in [0.1, 0.15) is 36.3 Å². The van der Waals surface area contributed by atoms with E-state index >= 15 is 0 Å². The maximum Gasteiger partial charge on any atom is 0.254 e. The van der Waals surface area contributed by atoms with Crippen LogP contribution in [-0.2, 0) is 11.3 Å². The van der Waals surface area contributed by atoms with E-state index in [0.717, 1.165) is 25.3 Å². The van der Waals surface area contributed by atoms with Gasteiger partial charge in [0.1, 0.15) is 5.82 Å². The minimum absolute atomic E-state index is 0.0863. The monoisotopic (exact) mass is 404 g/mol. The molecular formula is C20H25FN4O2S. The van der Waals surface area contributed by atoms with Crippen LogP contribution in [0.25, 0.3) is 0 Å². The fourth-order valence-electron chi connectivity index (χ4n) is 3.65. The topological polar surface area (TPSA) is 74.3 Å². The fraction of sp³-hybridized carbons (Fsp3) is 0.450. The minimum Gasteiger partial charge on any atom is -0.343 e. The van der Waals surface area contributed by atoms with Crippen molar-refractivity contribution in [2.45, 2.75) is 26.8 Å². The second-order valence-electron chi connectivity index (χ2n) is 7.49. The third-order valence-corrected chi connectivity index (χ3v) is 5.46. The Kier molecular flexibility index (Phi) is 6.74. The average Bonchev–Trinajstić information content (AvgIpc) is 3.06. The first kappa shape index (κ1) is 20.4. The van der Waals surface area contributed by atoms with E-state index in [1.165, 1.54) is 36.0 Å². The molecule has 1 aliphatic rings. The van der Waals surface area contributed by atoms with Crippen molar-refractivity contribution in [3.63, 3.8) is 0 Å². The summed E-state index contributed by atoms with van der Waals surface area (Å²) in [6, 6.07) is 5.65. The summed E-state index contributed by atoms with van der Waals surface area (Å²) in [5, 5.41) is 7.54. The molecule has 3 rings (SSSR count). The number of hydrogen-bond donors (Lipinski definition) is 2. The summed E-state index contributed by atoms with van der Waals surface area (Å²) in [6.07, 6.45) is 1.26. The first-order valence-electron chi connectivity index (χ1n) is 9.40. The summed E-state index contributed by atoms with van der Waals surface area (Å²) in [5.41, 5.74) is 0.841. The van der Waals surface area contributed by atoms with E-state index in [-0.39, 0.29) is 12.1 Å². The highest BCUT2D eigenvalue weighted by atomic mass is 32.1. The summed E-state index contributed by atoms with van der Waals surface area (Å²) in [4.78, 5) is 30.9. The molecule has 0 aliphatic carbocycles. The molecule has 2 atom stereocenters. The van der Waals surface area contributed by atoms with Gasteiger partial charge in [0.2, 0.25) is 5.91 Å². The molecule has 0 radical (unpaired) electrons. The molecule has 0 saturated carbocycles. The highest BCUT2D eigenvalue weighted by Crippen LogP contribution is 2.23. The molecule has 1 fully saturated rings. The number of hydrogen-bond acceptors (Lipinski definition) is 5. The standard InChI is InChI=1S/C20H25FN4O2S/c1-13-7-14(2)10-25(9-13)11-15-12-28-20(23-15)24-18(26)8-22-19(27)16-5-3-4-6-17(16)21/h3-6,12-14H,7-11H2,1-2H3,(H,22,27)(H,23,24,26). The Bertz CT molecular complexity index is 831. The molecule has 0 bridgehead atoms. The van der Waals surface area contributed by atoms with Crippen LogP contribution < -0.4 is 10.6 Å². The summed E-state index contributed by atoms with van der Waals surface area (Å²) >= 11 is 1.36. The molecule has 2 amide bonds. The highest BCUT2D eigenvalue weighted by molar-refractivity contribution is 7.13. The molecule has 1 aromatic carbocycles. The van der Waals surface area contributed by atoms with Gasteiger partial charge < -0.3 is 10.6 Å². The van der Waals surface area contributed by atoms with E-state index in [2.05, 4.69) is 34.4 Å². The SMILES string of the molecule is CC1CC(C)CN(Cc2csc(NC(=O)CNC(=O)c3ccccc3F)n2)C1. The van der Waals surface area contributed by atoms with Crippen LogP contribution >= 0.6 is 11.3 Å². The van der Waals surface area contributed by atoms with Crippen molar-refractivity contribution in [1.29, 1.82) is 0 Å². The maximum atomic E-state index is 13.6. The van der Waals surface area contributed by atoms with Gasteiger partial charge in [-0.05, 0) is 30.4 Å². The van der Waals surface area contributed by atoms with Crippen molar-refractivity contribution in [3.05, 3.63) is 46.7 Å². The molecule has 28 heavy (non-hydrogen) atoms. The van der Waals surface area contributed by atoms with Crippen LogP contribution in [-0.4, -0.2) is 41.3 Å². The number of likely N-dealkylation sites (tertiary alicyclic amines) is 1. The average molecular weight is 405 g/mol. The quantitative estimate of drug-likeness (QED) is 0.776. The lowest BCUT2D eigenvalue weighted by atomic mass is 9.92. The Morgan fingerprint density at radius 1 is 1.25 bits per heavy atom. The molecule has 1 saturated heterocycles. The predicted octanol–water partition coefficient (Wildman–Crippen LogP) is 3.13. The van der Waals surface area contributed by atoms with E-state index in [0.29, 0.717) is 17.0 Å². The largest absolute Gasteiger partial charge is 0.343 e. The van der Waals surface area contributed by atoms with Crippen LogP contribution in [0.2, 0.25) is 0 Å². The first-order chi connectivity index (χ1) is 13.4. The van der Waals surface area contributed by atoms with Crippen molar-refractivity contribution < 1.29 is 14.0 Å². The van der Waals surface area contributed by atoms with Crippen molar-refractivity contribution >= 4 is 28.3 Å². The normalized spacial score (nSPS) is 20.0. The zero-order chi connectivity index (χ0) is 20.1. The van der Waals surface area contributed by atoms with Gasteiger partial charge in [0.25, 0.3) is 5.91 Å². The molecule has 2 heterocycles. The molecular weight excluding hydrogens is 379 g/mol. The number of benzene rings is 1. The van der Waals surface area contributed by atoms with Gasteiger partial charge in [-0.3, -0.25) is 14.5 Å². The van der Waals surface area contributed by atoms with Crippen LogP contribution in [0.15, 0.2) is 29.6 Å². The van der Waals surface area contributed by atoms with E-state index in [1.807, 2.05) is 5.38 Å². The van der Waals surface area contributed by atoms with Crippen LogP contribution in [0.4, 0.5) is 9.52 Å². The molecule has 2 aromatic rings. The number of piperidine rings is 1. The highest BCUT2D eigenvalue weighted by Gasteiger charge is 2.22. The van der Waals surface area contributed by atoms with Gasteiger partial charge in [-0.1, -0.05) is 26.0 Å². The Morgan fingerprint density at radius 3 is 2.68 bits per heavy atom. The van der Waals surface area contributed by atoms with Crippen LogP contribution in [0.3, 0.4) is 0 Å². The Balaban J connectivity index is 1.47. The third-order valence-electron chi connectivity index (χ3n) is 4.66. The Labute approximate surface area is 168 Å². The van der Waals surface area contributed by atoms with Gasteiger partial charge in [0.05, 0.1) is 17.8 Å². The molecule has 2 unspecified atom stereocenters. The second-order valence-corrected chi connectivity index (χ2v) is 8.35. The molecule has 0 spiro atoms. The number of nitrogens with zero attached hydrogens (tertiary/aromatic N) is 2. The number of amides is 2. The van der Waals surface area contributed by atoms with Crippen molar-refractivity contribution in [2.24, 2.45) is 11.8 Å². The fourth-order valence-corrected chi connectivity index (χ4v) is 4.37.